The third kappa shape index (κ3) is 3.21. The molecule has 3 nitrogen and oxygen atoms in total. The second-order valence-electron chi connectivity index (χ2n) is 4.09. The zero-order chi connectivity index (χ0) is 12.1. The van der Waals surface area contributed by atoms with Gasteiger partial charge in [-0.15, -0.1) is 0 Å². The van der Waals surface area contributed by atoms with E-state index in [1.807, 2.05) is 19.1 Å². The topological polar surface area (TPSA) is 50.9 Å². The number of aromatic nitrogens is 1. The van der Waals surface area contributed by atoms with Crippen molar-refractivity contribution in [1.82, 2.24) is 4.98 Å². The van der Waals surface area contributed by atoms with Crippen molar-refractivity contribution in [1.29, 1.82) is 0 Å². The lowest BCUT2D eigenvalue weighted by Gasteiger charge is -2.07. The van der Waals surface area contributed by atoms with Crippen molar-refractivity contribution in [2.24, 2.45) is 0 Å². The zero-order valence-corrected chi connectivity index (χ0v) is 9.98. The summed E-state index contributed by atoms with van der Waals surface area (Å²) in [7, 11) is 0. The summed E-state index contributed by atoms with van der Waals surface area (Å²) in [6, 6.07) is 12.3. The smallest absolute Gasteiger partial charge is 0.127 e. The van der Waals surface area contributed by atoms with Crippen molar-refractivity contribution < 1.29 is 0 Å². The average molecular weight is 227 g/mol. The average Bonchev–Trinajstić information content (AvgIpc) is 2.35. The molecule has 0 amide bonds. The Bertz CT molecular complexity index is 480. The number of hydrogen-bond donors (Lipinski definition) is 2. The molecule has 17 heavy (non-hydrogen) atoms. The highest BCUT2D eigenvalue weighted by Gasteiger charge is 1.98. The second kappa shape index (κ2) is 5.34. The maximum atomic E-state index is 5.82. The largest absolute Gasteiger partial charge is 0.398 e. The van der Waals surface area contributed by atoms with Crippen molar-refractivity contribution >= 4 is 11.5 Å². The van der Waals surface area contributed by atoms with Crippen LogP contribution in [-0.2, 0) is 6.42 Å². The maximum Gasteiger partial charge on any atom is 0.127 e. The number of rotatable bonds is 4. The highest BCUT2D eigenvalue weighted by molar-refractivity contribution is 5.53. The number of nitrogens with two attached hydrogens (primary N) is 1. The van der Waals surface area contributed by atoms with Crippen LogP contribution >= 0.6 is 0 Å². The van der Waals surface area contributed by atoms with Crippen molar-refractivity contribution in [2.45, 2.75) is 13.3 Å². The number of benzene rings is 1. The standard InChI is InChI=1S/C14H17N3/c1-11-10-17-14(9-13(11)15)16-8-7-12-5-3-2-4-6-12/h2-6,9-10H,7-8H2,1H3,(H3,15,16,17). The van der Waals surface area contributed by atoms with Gasteiger partial charge < -0.3 is 11.1 Å². The van der Waals surface area contributed by atoms with E-state index in [-0.39, 0.29) is 0 Å². The molecule has 0 atom stereocenters. The van der Waals surface area contributed by atoms with E-state index in [1.54, 1.807) is 6.20 Å². The number of nitrogens with one attached hydrogen (secondary N) is 1. The Hall–Kier alpha value is -2.03. The van der Waals surface area contributed by atoms with Gasteiger partial charge in [-0.05, 0) is 24.5 Å². The first kappa shape index (κ1) is 11.5. The molecule has 0 aliphatic carbocycles. The van der Waals surface area contributed by atoms with Crippen LogP contribution in [0.4, 0.5) is 11.5 Å². The van der Waals surface area contributed by atoms with Gasteiger partial charge in [0.15, 0.2) is 0 Å². The van der Waals surface area contributed by atoms with E-state index in [2.05, 4.69) is 34.6 Å². The fraction of sp³-hybridized carbons (Fsp3) is 0.214. The summed E-state index contributed by atoms with van der Waals surface area (Å²) in [4.78, 5) is 4.28. The Morgan fingerprint density at radius 1 is 1.24 bits per heavy atom. The van der Waals surface area contributed by atoms with Crippen LogP contribution < -0.4 is 11.1 Å². The van der Waals surface area contributed by atoms with Gasteiger partial charge in [0.05, 0.1) is 0 Å². The first-order valence-electron chi connectivity index (χ1n) is 5.75. The summed E-state index contributed by atoms with van der Waals surface area (Å²) < 4.78 is 0. The van der Waals surface area contributed by atoms with E-state index in [0.29, 0.717) is 0 Å². The van der Waals surface area contributed by atoms with Gasteiger partial charge in [-0.25, -0.2) is 4.98 Å². The molecule has 0 unspecified atom stereocenters. The van der Waals surface area contributed by atoms with Gasteiger partial charge in [0.1, 0.15) is 5.82 Å². The Morgan fingerprint density at radius 2 is 2.00 bits per heavy atom. The molecule has 3 N–H and O–H groups in total. The minimum Gasteiger partial charge on any atom is -0.398 e. The number of pyridine rings is 1. The molecular formula is C14H17N3. The van der Waals surface area contributed by atoms with Gasteiger partial charge in [-0.3, -0.25) is 0 Å². The van der Waals surface area contributed by atoms with Gasteiger partial charge in [0, 0.05) is 24.5 Å². The molecule has 1 heterocycles. The monoisotopic (exact) mass is 227 g/mol. The van der Waals surface area contributed by atoms with E-state index in [0.717, 1.165) is 30.0 Å². The number of nitrogen functional groups attached to an aromatic ring is 1. The lowest BCUT2D eigenvalue weighted by Crippen LogP contribution is -2.07. The number of aryl methyl sites for hydroxylation is 1. The fourth-order valence-corrected chi connectivity index (χ4v) is 1.62. The van der Waals surface area contributed by atoms with E-state index >= 15 is 0 Å². The summed E-state index contributed by atoms with van der Waals surface area (Å²) in [5, 5.41) is 3.27. The Labute approximate surface area is 102 Å². The van der Waals surface area contributed by atoms with Crippen LogP contribution in [0.2, 0.25) is 0 Å². The number of hydrogen-bond acceptors (Lipinski definition) is 3. The summed E-state index contributed by atoms with van der Waals surface area (Å²) in [5.41, 5.74) is 8.94. The number of nitrogens with zero attached hydrogens (tertiary/aromatic N) is 1. The minimum atomic E-state index is 0.780. The molecule has 0 fully saturated rings. The molecule has 2 rings (SSSR count). The molecule has 2 aromatic rings. The van der Waals surface area contributed by atoms with Crippen LogP contribution in [0.15, 0.2) is 42.6 Å². The molecule has 0 spiro atoms. The predicted molar refractivity (Wildman–Crippen MR) is 72.0 cm³/mol. The fourth-order valence-electron chi connectivity index (χ4n) is 1.62. The zero-order valence-electron chi connectivity index (χ0n) is 9.98. The molecule has 0 bridgehead atoms. The van der Waals surface area contributed by atoms with E-state index < -0.39 is 0 Å². The molecular weight excluding hydrogens is 210 g/mol. The summed E-state index contributed by atoms with van der Waals surface area (Å²) in [6.07, 6.45) is 2.77. The highest BCUT2D eigenvalue weighted by Crippen LogP contribution is 2.13. The van der Waals surface area contributed by atoms with Crippen LogP contribution in [0, 0.1) is 6.92 Å². The highest BCUT2D eigenvalue weighted by atomic mass is 15.0. The summed E-state index contributed by atoms with van der Waals surface area (Å²) in [5.74, 6) is 0.837. The molecule has 0 saturated heterocycles. The van der Waals surface area contributed by atoms with Crippen LogP contribution in [0.25, 0.3) is 0 Å². The molecule has 1 aromatic heterocycles. The third-order valence-corrected chi connectivity index (χ3v) is 2.71. The molecule has 88 valence electrons. The quantitative estimate of drug-likeness (QED) is 0.844. The molecule has 3 heteroatoms. The third-order valence-electron chi connectivity index (χ3n) is 2.71. The van der Waals surface area contributed by atoms with E-state index in [1.165, 1.54) is 5.56 Å². The van der Waals surface area contributed by atoms with E-state index in [9.17, 15) is 0 Å². The molecule has 0 radical (unpaired) electrons. The van der Waals surface area contributed by atoms with Crippen LogP contribution in [0.5, 0.6) is 0 Å². The van der Waals surface area contributed by atoms with E-state index in [4.69, 9.17) is 5.73 Å². The predicted octanol–water partition coefficient (Wildman–Crippen LogP) is 2.63. The lowest BCUT2D eigenvalue weighted by molar-refractivity contribution is 1.01. The van der Waals surface area contributed by atoms with Crippen molar-refractivity contribution in [3.05, 3.63) is 53.7 Å². The van der Waals surface area contributed by atoms with Gasteiger partial charge >= 0.3 is 0 Å². The van der Waals surface area contributed by atoms with Gasteiger partial charge in [0.25, 0.3) is 0 Å². The Balaban J connectivity index is 1.88. The summed E-state index contributed by atoms with van der Waals surface area (Å²) in [6.45, 7) is 2.82. The summed E-state index contributed by atoms with van der Waals surface area (Å²) >= 11 is 0. The lowest BCUT2D eigenvalue weighted by atomic mass is 10.1. The number of anilines is 2. The second-order valence-corrected chi connectivity index (χ2v) is 4.09. The van der Waals surface area contributed by atoms with Crippen LogP contribution in [0.1, 0.15) is 11.1 Å². The SMILES string of the molecule is Cc1cnc(NCCc2ccccc2)cc1N. The molecule has 0 saturated carbocycles. The van der Waals surface area contributed by atoms with Crippen molar-refractivity contribution in [2.75, 3.05) is 17.6 Å². The first-order valence-corrected chi connectivity index (χ1v) is 5.75. The van der Waals surface area contributed by atoms with Gasteiger partial charge in [-0.1, -0.05) is 30.3 Å². The molecule has 0 aliphatic heterocycles. The molecule has 1 aromatic carbocycles. The molecule has 0 aliphatic rings. The normalized spacial score (nSPS) is 10.2. The van der Waals surface area contributed by atoms with Crippen molar-refractivity contribution in [3.63, 3.8) is 0 Å². The van der Waals surface area contributed by atoms with Gasteiger partial charge in [0.2, 0.25) is 0 Å². The maximum absolute atomic E-state index is 5.82. The minimum absolute atomic E-state index is 0.780. The van der Waals surface area contributed by atoms with Gasteiger partial charge in [-0.2, -0.15) is 0 Å². The van der Waals surface area contributed by atoms with Crippen LogP contribution in [0.3, 0.4) is 0 Å². The Kier molecular flexibility index (Phi) is 3.60. The first-order chi connectivity index (χ1) is 8.25. The Morgan fingerprint density at radius 3 is 2.71 bits per heavy atom. The van der Waals surface area contributed by atoms with Crippen molar-refractivity contribution in [3.8, 4) is 0 Å². The van der Waals surface area contributed by atoms with Crippen LogP contribution in [-0.4, -0.2) is 11.5 Å².